The van der Waals surface area contributed by atoms with Crippen LogP contribution in [-0.2, 0) is 16.0 Å². The molecule has 5 rings (SSSR count). The predicted molar refractivity (Wildman–Crippen MR) is 131 cm³/mol. The van der Waals surface area contributed by atoms with Gasteiger partial charge in [0.15, 0.2) is 11.6 Å². The number of fused-ring (bicyclic) bond motifs is 3. The van der Waals surface area contributed by atoms with Crippen LogP contribution in [-0.4, -0.2) is 86.6 Å². The number of hydrogen-bond donors (Lipinski definition) is 6. The van der Waals surface area contributed by atoms with E-state index in [1.807, 2.05) is 0 Å². The normalized spacial score (nSPS) is 30.3. The molecule has 0 saturated carbocycles. The molecule has 5 unspecified atom stereocenters. The number of benzene rings is 2. The summed E-state index contributed by atoms with van der Waals surface area (Å²) in [5.74, 6) is -4.50. The highest BCUT2D eigenvalue weighted by Gasteiger charge is 2.51. The minimum Gasteiger partial charge on any atom is -0.507 e. The fourth-order valence-electron chi connectivity index (χ4n) is 6.13. The van der Waals surface area contributed by atoms with Crippen molar-refractivity contribution in [2.24, 2.45) is 5.73 Å². The second-order valence-corrected chi connectivity index (χ2v) is 10.3. The fraction of sp³-hybridized carbons (Fsp3) is 0.444. The van der Waals surface area contributed by atoms with Gasteiger partial charge in [-0.05, 0) is 25.8 Å². The highest BCUT2D eigenvalue weighted by Crippen LogP contribution is 2.53. The Balaban J connectivity index is 1.76. The number of nitrogens with two attached hydrogens (primary N) is 1. The van der Waals surface area contributed by atoms with Gasteiger partial charge in [0.05, 0.1) is 42.1 Å². The van der Waals surface area contributed by atoms with E-state index in [0.717, 1.165) is 0 Å². The predicted octanol–water partition coefficient (Wildman–Crippen LogP) is 0.0697. The maximum atomic E-state index is 13.7. The van der Waals surface area contributed by atoms with E-state index in [9.17, 15) is 39.9 Å². The number of aromatic hydroxyl groups is 2. The van der Waals surface area contributed by atoms with Crippen LogP contribution in [0, 0.1) is 0 Å². The number of hydrogen-bond acceptors (Lipinski definition) is 11. The molecule has 1 saturated heterocycles. The summed E-state index contributed by atoms with van der Waals surface area (Å²) in [5.41, 5.74) is 2.93. The molecule has 202 valence electrons. The Morgan fingerprint density at radius 2 is 1.84 bits per heavy atom. The SMILES string of the molecule is COc1cccc2c1C(=O)c1c(O)c3c(c(O)c1C2=O)C[C@@](O)(C(=O)CO)CC3C1CC(N)C(O)C(C)O1. The first-order valence-corrected chi connectivity index (χ1v) is 12.3. The summed E-state index contributed by atoms with van der Waals surface area (Å²) in [6.07, 6.45) is -3.34. The molecule has 1 heterocycles. The molecular weight excluding hydrogens is 498 g/mol. The molecule has 2 aromatic carbocycles. The van der Waals surface area contributed by atoms with Crippen LogP contribution in [0.25, 0.3) is 0 Å². The molecule has 7 N–H and O–H groups in total. The second-order valence-electron chi connectivity index (χ2n) is 10.3. The van der Waals surface area contributed by atoms with Gasteiger partial charge in [0.25, 0.3) is 0 Å². The third-order valence-electron chi connectivity index (χ3n) is 8.08. The number of phenols is 2. The van der Waals surface area contributed by atoms with Gasteiger partial charge in [-0.25, -0.2) is 0 Å². The number of phenolic OH excluding ortho intramolecular Hbond substituents is 2. The Morgan fingerprint density at radius 3 is 2.47 bits per heavy atom. The van der Waals surface area contributed by atoms with Crippen molar-refractivity contribution in [3.05, 3.63) is 51.6 Å². The van der Waals surface area contributed by atoms with Crippen molar-refractivity contribution < 1.29 is 49.4 Å². The van der Waals surface area contributed by atoms with Crippen LogP contribution in [0.2, 0.25) is 0 Å². The number of carbonyl (C=O) groups excluding carboxylic acids is 3. The van der Waals surface area contributed by atoms with Crippen LogP contribution < -0.4 is 10.5 Å². The Labute approximate surface area is 217 Å². The fourth-order valence-corrected chi connectivity index (χ4v) is 6.13. The van der Waals surface area contributed by atoms with Gasteiger partial charge in [0, 0.05) is 35.1 Å². The number of aliphatic hydroxyl groups is 3. The number of ketones is 3. The largest absolute Gasteiger partial charge is 0.507 e. The Kier molecular flexibility index (Phi) is 6.32. The molecule has 0 aromatic heterocycles. The number of ether oxygens (including phenoxy) is 2. The van der Waals surface area contributed by atoms with Gasteiger partial charge in [-0.3, -0.25) is 14.4 Å². The number of methoxy groups -OCH3 is 1. The topological polar surface area (TPSA) is 197 Å². The number of aliphatic hydroxyl groups excluding tert-OH is 2. The first-order valence-electron chi connectivity index (χ1n) is 12.3. The van der Waals surface area contributed by atoms with Crippen LogP contribution in [0.15, 0.2) is 18.2 Å². The van der Waals surface area contributed by atoms with Crippen molar-refractivity contribution in [2.45, 2.75) is 62.1 Å². The van der Waals surface area contributed by atoms with Crippen molar-refractivity contribution in [2.75, 3.05) is 13.7 Å². The molecule has 38 heavy (non-hydrogen) atoms. The smallest absolute Gasteiger partial charge is 0.202 e. The van der Waals surface area contributed by atoms with E-state index >= 15 is 0 Å². The molecule has 11 heteroatoms. The molecule has 0 bridgehead atoms. The van der Waals surface area contributed by atoms with Gasteiger partial charge in [0.1, 0.15) is 29.5 Å². The van der Waals surface area contributed by atoms with E-state index in [2.05, 4.69) is 0 Å². The molecule has 0 spiro atoms. The maximum absolute atomic E-state index is 13.7. The van der Waals surface area contributed by atoms with Crippen LogP contribution in [0.1, 0.15) is 68.7 Å². The van der Waals surface area contributed by atoms with Crippen LogP contribution in [0.3, 0.4) is 0 Å². The quantitative estimate of drug-likeness (QED) is 0.251. The van der Waals surface area contributed by atoms with Gasteiger partial charge in [0.2, 0.25) is 5.78 Å². The summed E-state index contributed by atoms with van der Waals surface area (Å²) in [6, 6.07) is 3.67. The highest BCUT2D eigenvalue weighted by atomic mass is 16.5. The maximum Gasteiger partial charge on any atom is 0.202 e. The van der Waals surface area contributed by atoms with E-state index in [4.69, 9.17) is 15.2 Å². The van der Waals surface area contributed by atoms with Crippen molar-refractivity contribution >= 4 is 17.3 Å². The lowest BCUT2D eigenvalue weighted by atomic mass is 9.66. The van der Waals surface area contributed by atoms with Gasteiger partial charge in [-0.1, -0.05) is 12.1 Å². The molecule has 0 amide bonds. The minimum absolute atomic E-state index is 0.0324. The molecular formula is C27H29NO10. The number of carbonyl (C=O) groups is 3. The standard InChI is InChI=1S/C27H29NO10/c1-10-22(31)14(28)6-16(38-10)12-7-27(36,17(30)9-29)8-13-18(12)25(34)21-20(24(13)33)23(32)11-4-3-5-15(37-2)19(11)26(21)35/h3-5,10,12,14,16,22,29,31,33-34,36H,6-9,28H2,1-2H3/t10?,12?,14?,16?,22?,27-/m1/s1. The third kappa shape index (κ3) is 3.65. The van der Waals surface area contributed by atoms with Crippen LogP contribution in [0.5, 0.6) is 17.2 Å². The average Bonchev–Trinajstić information content (AvgIpc) is 2.90. The van der Waals surface area contributed by atoms with Gasteiger partial charge >= 0.3 is 0 Å². The van der Waals surface area contributed by atoms with Crippen LogP contribution >= 0.6 is 0 Å². The minimum atomic E-state index is -2.17. The molecule has 3 aliphatic rings. The van der Waals surface area contributed by atoms with Gasteiger partial charge in [-0.15, -0.1) is 0 Å². The Morgan fingerprint density at radius 1 is 1.16 bits per heavy atom. The summed E-state index contributed by atoms with van der Waals surface area (Å²) in [7, 11) is 1.33. The van der Waals surface area contributed by atoms with E-state index in [1.54, 1.807) is 6.92 Å². The van der Waals surface area contributed by atoms with E-state index in [-0.39, 0.29) is 40.8 Å². The molecule has 6 atom stereocenters. The zero-order chi connectivity index (χ0) is 27.7. The zero-order valence-corrected chi connectivity index (χ0v) is 20.8. The summed E-state index contributed by atoms with van der Waals surface area (Å²) in [5, 5.41) is 54.1. The first-order chi connectivity index (χ1) is 17.9. The Bertz CT molecular complexity index is 1360. The summed E-state index contributed by atoms with van der Waals surface area (Å²) < 4.78 is 11.2. The average molecular weight is 528 g/mol. The summed E-state index contributed by atoms with van der Waals surface area (Å²) in [6.45, 7) is 0.613. The third-order valence-corrected chi connectivity index (χ3v) is 8.08. The monoisotopic (exact) mass is 527 g/mol. The summed E-state index contributed by atoms with van der Waals surface area (Å²) >= 11 is 0. The van der Waals surface area contributed by atoms with Crippen LogP contribution in [0.4, 0.5) is 0 Å². The lowest BCUT2D eigenvalue weighted by Gasteiger charge is -2.45. The van der Waals surface area contributed by atoms with Gasteiger partial charge < -0.3 is 40.7 Å². The van der Waals surface area contributed by atoms with E-state index in [1.165, 1.54) is 25.3 Å². The van der Waals surface area contributed by atoms with E-state index in [0.29, 0.717) is 0 Å². The Hall–Kier alpha value is -3.35. The van der Waals surface area contributed by atoms with E-state index < -0.39 is 88.9 Å². The number of rotatable bonds is 4. The van der Waals surface area contributed by atoms with Crippen molar-refractivity contribution in [1.82, 2.24) is 0 Å². The van der Waals surface area contributed by atoms with Crippen molar-refractivity contribution in [3.8, 4) is 17.2 Å². The highest BCUT2D eigenvalue weighted by molar-refractivity contribution is 6.31. The lowest BCUT2D eigenvalue weighted by molar-refractivity contribution is -0.150. The first kappa shape index (κ1) is 26.3. The van der Waals surface area contributed by atoms with Crippen molar-refractivity contribution in [1.29, 1.82) is 0 Å². The summed E-state index contributed by atoms with van der Waals surface area (Å²) in [4.78, 5) is 39.9. The molecule has 1 fully saturated rings. The second kappa shape index (κ2) is 9.14. The lowest BCUT2D eigenvalue weighted by Crippen LogP contribution is -2.55. The molecule has 1 aliphatic heterocycles. The van der Waals surface area contributed by atoms with Crippen molar-refractivity contribution in [3.63, 3.8) is 0 Å². The molecule has 2 aliphatic carbocycles. The van der Waals surface area contributed by atoms with Gasteiger partial charge in [-0.2, -0.15) is 0 Å². The number of Topliss-reactive ketones (excluding diaryl/α,β-unsaturated/α-hetero) is 1. The molecule has 2 aromatic rings. The molecule has 0 radical (unpaired) electrons. The zero-order valence-electron chi connectivity index (χ0n) is 20.8. The molecule has 11 nitrogen and oxygen atoms in total.